The van der Waals surface area contributed by atoms with Gasteiger partial charge in [-0.3, -0.25) is 9.59 Å². The molecule has 1 saturated heterocycles. The Bertz CT molecular complexity index is 976. The van der Waals surface area contributed by atoms with E-state index in [9.17, 15) is 14.7 Å². The smallest absolute Gasteiger partial charge is 0.230 e. The molecule has 164 valence electrons. The molecule has 2 aromatic carbocycles. The summed E-state index contributed by atoms with van der Waals surface area (Å²) in [5.41, 5.74) is 0.782. The highest BCUT2D eigenvalue weighted by Gasteiger charge is 2.58. The van der Waals surface area contributed by atoms with Gasteiger partial charge < -0.3 is 15.3 Å². The van der Waals surface area contributed by atoms with Crippen LogP contribution in [0, 0.1) is 5.41 Å². The molecule has 6 heteroatoms. The summed E-state index contributed by atoms with van der Waals surface area (Å²) in [6.07, 6.45) is 0.0229. The number of carbonyl (C=O) groups is 2. The van der Waals surface area contributed by atoms with Gasteiger partial charge in [-0.1, -0.05) is 61.0 Å². The van der Waals surface area contributed by atoms with Crippen molar-refractivity contribution in [2.45, 2.75) is 50.7 Å². The van der Waals surface area contributed by atoms with Crippen molar-refractivity contribution >= 4 is 23.4 Å². The Morgan fingerprint density at radius 3 is 2.39 bits per heavy atom. The standard InChI is InChI=1S/C25H29ClN2O3/c1-24(2,17-9-11-18(26)12-10-17)22(30)27-20-14-28(15-21(20)29)23(31)25(3)13-19(25)16-7-5-4-6-8-16/h4-12,19-21,29H,13-15H2,1-3H3,(H,27,30)/t19-,20-,21-,25+/m1/s1. The molecule has 0 bridgehead atoms. The summed E-state index contributed by atoms with van der Waals surface area (Å²) >= 11 is 5.96. The van der Waals surface area contributed by atoms with Crippen molar-refractivity contribution < 1.29 is 14.7 Å². The van der Waals surface area contributed by atoms with E-state index in [2.05, 4.69) is 17.4 Å². The average molecular weight is 441 g/mol. The molecular formula is C25H29ClN2O3. The number of nitrogens with one attached hydrogen (secondary N) is 1. The molecule has 2 N–H and O–H groups in total. The molecule has 31 heavy (non-hydrogen) atoms. The van der Waals surface area contributed by atoms with Crippen LogP contribution in [-0.4, -0.2) is 47.1 Å². The van der Waals surface area contributed by atoms with Gasteiger partial charge >= 0.3 is 0 Å². The highest BCUT2D eigenvalue weighted by atomic mass is 35.5. The minimum Gasteiger partial charge on any atom is -0.389 e. The zero-order valence-corrected chi connectivity index (χ0v) is 18.9. The summed E-state index contributed by atoms with van der Waals surface area (Å²) in [6.45, 7) is 6.23. The molecule has 1 saturated carbocycles. The predicted molar refractivity (Wildman–Crippen MR) is 121 cm³/mol. The monoisotopic (exact) mass is 440 g/mol. The van der Waals surface area contributed by atoms with Crippen LogP contribution in [0.2, 0.25) is 5.02 Å². The maximum absolute atomic E-state index is 13.2. The number of aliphatic hydroxyl groups excluding tert-OH is 1. The summed E-state index contributed by atoms with van der Waals surface area (Å²) < 4.78 is 0. The van der Waals surface area contributed by atoms with Crippen molar-refractivity contribution in [2.75, 3.05) is 13.1 Å². The number of hydrogen-bond donors (Lipinski definition) is 2. The number of hydrogen-bond acceptors (Lipinski definition) is 3. The van der Waals surface area contributed by atoms with Crippen LogP contribution >= 0.6 is 11.6 Å². The van der Waals surface area contributed by atoms with Gasteiger partial charge in [0.15, 0.2) is 0 Å². The molecule has 1 heterocycles. The second-order valence-corrected chi connectivity index (χ2v) is 10.0. The molecular weight excluding hydrogens is 412 g/mol. The van der Waals surface area contributed by atoms with Gasteiger partial charge in [0, 0.05) is 18.1 Å². The minimum atomic E-state index is -0.789. The van der Waals surface area contributed by atoms with Crippen molar-refractivity contribution in [3.05, 3.63) is 70.7 Å². The lowest BCUT2D eigenvalue weighted by Gasteiger charge is -2.27. The van der Waals surface area contributed by atoms with Gasteiger partial charge in [0.05, 0.1) is 23.0 Å². The third-order valence-corrected chi connectivity index (χ3v) is 7.21. The van der Waals surface area contributed by atoms with Gasteiger partial charge in [0.1, 0.15) is 0 Å². The van der Waals surface area contributed by atoms with Crippen LogP contribution < -0.4 is 5.32 Å². The first-order valence-electron chi connectivity index (χ1n) is 10.7. The van der Waals surface area contributed by atoms with Crippen molar-refractivity contribution in [3.8, 4) is 0 Å². The number of benzene rings is 2. The molecule has 1 aliphatic carbocycles. The molecule has 2 aliphatic rings. The molecule has 1 aliphatic heterocycles. The predicted octanol–water partition coefficient (Wildman–Crippen LogP) is 3.50. The molecule has 2 fully saturated rings. The molecule has 0 unspecified atom stereocenters. The molecule has 0 aromatic heterocycles. The highest BCUT2D eigenvalue weighted by molar-refractivity contribution is 6.30. The second kappa shape index (κ2) is 7.95. The lowest BCUT2D eigenvalue weighted by Crippen LogP contribution is -2.49. The van der Waals surface area contributed by atoms with E-state index in [0.717, 1.165) is 12.0 Å². The van der Waals surface area contributed by atoms with E-state index >= 15 is 0 Å². The maximum Gasteiger partial charge on any atom is 0.230 e. The number of amides is 2. The number of likely N-dealkylation sites (tertiary alicyclic amines) is 1. The summed E-state index contributed by atoms with van der Waals surface area (Å²) in [7, 11) is 0. The second-order valence-electron chi connectivity index (χ2n) is 9.57. The molecule has 2 amide bonds. The van der Waals surface area contributed by atoms with Crippen LogP contribution in [0.3, 0.4) is 0 Å². The SMILES string of the molecule is CC(C)(C(=O)N[C@@H]1CN(C(=O)[C@@]2(C)C[C@@H]2c2ccccc2)C[C@H]1O)c1ccc(Cl)cc1. The Kier molecular flexibility index (Phi) is 5.61. The number of halogens is 1. The van der Waals surface area contributed by atoms with Crippen LogP contribution in [0.25, 0.3) is 0 Å². The summed E-state index contributed by atoms with van der Waals surface area (Å²) in [5, 5.41) is 14.2. The van der Waals surface area contributed by atoms with Crippen LogP contribution in [0.1, 0.15) is 44.2 Å². The van der Waals surface area contributed by atoms with E-state index in [0.29, 0.717) is 11.6 Å². The van der Waals surface area contributed by atoms with Gasteiger partial charge in [-0.25, -0.2) is 0 Å². The summed E-state index contributed by atoms with van der Waals surface area (Å²) in [6, 6.07) is 16.8. The largest absolute Gasteiger partial charge is 0.389 e. The third kappa shape index (κ3) is 4.09. The van der Waals surface area contributed by atoms with Crippen LogP contribution in [0.5, 0.6) is 0 Å². The fourth-order valence-electron chi connectivity index (χ4n) is 4.57. The van der Waals surface area contributed by atoms with E-state index in [1.54, 1.807) is 17.0 Å². The fraction of sp³-hybridized carbons (Fsp3) is 0.440. The van der Waals surface area contributed by atoms with E-state index in [1.165, 1.54) is 5.56 Å². The lowest BCUT2D eigenvalue weighted by molar-refractivity contribution is -0.136. The van der Waals surface area contributed by atoms with Crippen LogP contribution in [0.15, 0.2) is 54.6 Å². The van der Waals surface area contributed by atoms with E-state index < -0.39 is 23.0 Å². The Morgan fingerprint density at radius 1 is 1.10 bits per heavy atom. The van der Waals surface area contributed by atoms with Crippen molar-refractivity contribution in [1.82, 2.24) is 10.2 Å². The lowest BCUT2D eigenvalue weighted by atomic mass is 9.83. The first kappa shape index (κ1) is 21.8. The summed E-state index contributed by atoms with van der Waals surface area (Å²) in [4.78, 5) is 27.9. The van der Waals surface area contributed by atoms with Gasteiger partial charge in [-0.2, -0.15) is 0 Å². The number of nitrogens with zero attached hydrogens (tertiary/aromatic N) is 1. The van der Waals surface area contributed by atoms with Gasteiger partial charge in [0.2, 0.25) is 11.8 Å². The van der Waals surface area contributed by atoms with E-state index in [-0.39, 0.29) is 24.3 Å². The number of aliphatic hydroxyl groups is 1. The molecule has 5 nitrogen and oxygen atoms in total. The van der Waals surface area contributed by atoms with Crippen molar-refractivity contribution in [1.29, 1.82) is 0 Å². The molecule has 0 spiro atoms. The first-order chi connectivity index (χ1) is 14.6. The van der Waals surface area contributed by atoms with Crippen LogP contribution in [0.4, 0.5) is 0 Å². The van der Waals surface area contributed by atoms with Crippen LogP contribution in [-0.2, 0) is 15.0 Å². The zero-order valence-electron chi connectivity index (χ0n) is 18.1. The number of rotatable bonds is 5. The molecule has 4 rings (SSSR count). The van der Waals surface area contributed by atoms with Crippen molar-refractivity contribution in [2.24, 2.45) is 5.41 Å². The minimum absolute atomic E-state index is 0.0501. The topological polar surface area (TPSA) is 69.6 Å². The van der Waals surface area contributed by atoms with Crippen molar-refractivity contribution in [3.63, 3.8) is 0 Å². The van der Waals surface area contributed by atoms with E-state index in [4.69, 9.17) is 11.6 Å². The van der Waals surface area contributed by atoms with E-state index in [1.807, 2.05) is 51.1 Å². The Hall–Kier alpha value is -2.37. The molecule has 2 aromatic rings. The Morgan fingerprint density at radius 2 is 1.74 bits per heavy atom. The fourth-order valence-corrected chi connectivity index (χ4v) is 4.70. The van der Waals surface area contributed by atoms with Gasteiger partial charge in [-0.05, 0) is 49.4 Å². The number of carbonyl (C=O) groups excluding carboxylic acids is 2. The summed E-state index contributed by atoms with van der Waals surface area (Å²) in [5.74, 6) is 0.0675. The number of β-amino-alcohol motifs (C(OH)–C–C–N with tert-alkyl or cyclic N) is 1. The third-order valence-electron chi connectivity index (χ3n) is 6.95. The maximum atomic E-state index is 13.2. The average Bonchev–Trinajstić information content (AvgIpc) is 3.33. The van der Waals surface area contributed by atoms with Gasteiger partial charge in [0.25, 0.3) is 0 Å². The molecule has 4 atom stereocenters. The zero-order chi connectivity index (χ0) is 22.4. The quantitative estimate of drug-likeness (QED) is 0.747. The Labute approximate surface area is 188 Å². The first-order valence-corrected chi connectivity index (χ1v) is 11.1. The Balaban J connectivity index is 1.40. The highest BCUT2D eigenvalue weighted by Crippen LogP contribution is 2.60. The normalized spacial score (nSPS) is 27.8. The van der Waals surface area contributed by atoms with Gasteiger partial charge in [-0.15, -0.1) is 0 Å². The molecule has 0 radical (unpaired) electrons.